The number of nitrogens with zero attached hydrogens (tertiary/aromatic N) is 1. The molecule has 1 fully saturated rings. The van der Waals surface area contributed by atoms with Gasteiger partial charge < -0.3 is 9.47 Å². The fourth-order valence-corrected chi connectivity index (χ4v) is 1.58. The number of hydrogen-bond acceptors (Lipinski definition) is 3. The van der Waals surface area contributed by atoms with Gasteiger partial charge in [-0.2, -0.15) is 0 Å². The molecule has 0 bridgehead atoms. The van der Waals surface area contributed by atoms with E-state index in [1.54, 1.807) is 0 Å². The van der Waals surface area contributed by atoms with Gasteiger partial charge in [-0.05, 0) is 6.07 Å². The highest BCUT2D eigenvalue weighted by Crippen LogP contribution is 2.07. The summed E-state index contributed by atoms with van der Waals surface area (Å²) in [5.41, 5.74) is 0. The first-order valence-corrected chi connectivity index (χ1v) is 5.35. The summed E-state index contributed by atoms with van der Waals surface area (Å²) in [6.45, 7) is 5.41. The molecule has 1 aliphatic rings. The lowest BCUT2D eigenvalue weighted by Crippen LogP contribution is -2.38. The van der Waals surface area contributed by atoms with Gasteiger partial charge >= 0.3 is 0 Å². The van der Waals surface area contributed by atoms with Gasteiger partial charge in [0.05, 0.1) is 13.2 Å². The van der Waals surface area contributed by atoms with Gasteiger partial charge in [-0.15, -0.1) is 0 Å². The molecule has 1 heterocycles. The summed E-state index contributed by atoms with van der Waals surface area (Å²) in [6, 6.07) is 10.7. The number of morpholine rings is 1. The van der Waals surface area contributed by atoms with Crippen molar-refractivity contribution in [2.45, 2.75) is 0 Å². The molecule has 1 aromatic rings. The second-order valence-corrected chi connectivity index (χ2v) is 3.53. The van der Waals surface area contributed by atoms with E-state index in [4.69, 9.17) is 9.47 Å². The average molecular weight is 206 g/mol. The third-order valence-electron chi connectivity index (χ3n) is 2.45. The number of ether oxygens (including phenoxy) is 2. The fraction of sp³-hybridized carbons (Fsp3) is 0.500. The Morgan fingerprint density at radius 1 is 1.33 bits per heavy atom. The van der Waals surface area contributed by atoms with Crippen molar-refractivity contribution in [2.75, 3.05) is 39.5 Å². The molecule has 0 atom stereocenters. The summed E-state index contributed by atoms with van der Waals surface area (Å²) in [4.78, 5) is 2.35. The van der Waals surface area contributed by atoms with E-state index in [0.29, 0.717) is 0 Å². The SMILES string of the molecule is [c]1ccccc1OCCN1CCOCC1. The van der Waals surface area contributed by atoms with Crippen molar-refractivity contribution in [1.82, 2.24) is 4.90 Å². The minimum atomic E-state index is 0.723. The van der Waals surface area contributed by atoms with Crippen LogP contribution < -0.4 is 4.74 Å². The van der Waals surface area contributed by atoms with Gasteiger partial charge in [0, 0.05) is 25.7 Å². The molecule has 81 valence electrons. The van der Waals surface area contributed by atoms with Gasteiger partial charge in [0.25, 0.3) is 0 Å². The Balaban J connectivity index is 1.66. The number of rotatable bonds is 4. The van der Waals surface area contributed by atoms with E-state index in [1.165, 1.54) is 0 Å². The molecule has 0 aromatic heterocycles. The molecule has 1 aliphatic heterocycles. The minimum absolute atomic E-state index is 0.723. The van der Waals surface area contributed by atoms with E-state index in [1.807, 2.05) is 24.3 Å². The first kappa shape index (κ1) is 10.5. The maximum absolute atomic E-state index is 5.57. The molecule has 1 radical (unpaired) electrons. The summed E-state index contributed by atoms with van der Waals surface area (Å²) >= 11 is 0. The van der Waals surface area contributed by atoms with Crippen molar-refractivity contribution >= 4 is 0 Å². The second kappa shape index (κ2) is 5.73. The fourth-order valence-electron chi connectivity index (χ4n) is 1.58. The standard InChI is InChI=1S/C12H16NO2/c1-2-4-12(5-3-1)15-11-8-13-6-9-14-10-7-13/h1-4H,6-11H2. The highest BCUT2D eigenvalue weighted by molar-refractivity contribution is 5.19. The first-order chi connectivity index (χ1) is 7.45. The van der Waals surface area contributed by atoms with Crippen LogP contribution in [-0.2, 0) is 4.74 Å². The Hall–Kier alpha value is -1.06. The Kier molecular flexibility index (Phi) is 4.00. The molecule has 0 saturated carbocycles. The predicted octanol–water partition coefficient (Wildman–Crippen LogP) is 1.20. The van der Waals surface area contributed by atoms with Crippen molar-refractivity contribution < 1.29 is 9.47 Å². The Morgan fingerprint density at radius 3 is 2.93 bits per heavy atom. The molecule has 0 spiro atoms. The molecule has 1 aromatic carbocycles. The molecule has 2 rings (SSSR count). The van der Waals surface area contributed by atoms with Crippen LogP contribution in [0, 0.1) is 6.07 Å². The van der Waals surface area contributed by atoms with E-state index in [2.05, 4.69) is 11.0 Å². The van der Waals surface area contributed by atoms with E-state index in [0.717, 1.165) is 45.2 Å². The normalized spacial score (nSPS) is 17.6. The molecule has 0 unspecified atom stereocenters. The van der Waals surface area contributed by atoms with Gasteiger partial charge in [-0.25, -0.2) is 0 Å². The summed E-state index contributed by atoms with van der Waals surface area (Å²) in [5, 5.41) is 0. The first-order valence-electron chi connectivity index (χ1n) is 5.35. The van der Waals surface area contributed by atoms with Crippen molar-refractivity contribution in [3.05, 3.63) is 30.3 Å². The van der Waals surface area contributed by atoms with Crippen LogP contribution in [0.3, 0.4) is 0 Å². The lowest BCUT2D eigenvalue weighted by atomic mass is 10.3. The van der Waals surface area contributed by atoms with Crippen molar-refractivity contribution in [2.24, 2.45) is 0 Å². The maximum Gasteiger partial charge on any atom is 0.127 e. The summed E-state index contributed by atoms with van der Waals surface area (Å²) in [6.07, 6.45) is 0. The summed E-state index contributed by atoms with van der Waals surface area (Å²) in [7, 11) is 0. The van der Waals surface area contributed by atoms with Gasteiger partial charge in [0.1, 0.15) is 12.4 Å². The zero-order chi connectivity index (χ0) is 10.3. The number of para-hydroxylation sites is 1. The highest BCUT2D eigenvalue weighted by Gasteiger charge is 2.09. The second-order valence-electron chi connectivity index (χ2n) is 3.53. The number of hydrogen-bond donors (Lipinski definition) is 0. The molecule has 0 aliphatic carbocycles. The molecular weight excluding hydrogens is 190 g/mol. The highest BCUT2D eigenvalue weighted by atomic mass is 16.5. The Morgan fingerprint density at radius 2 is 2.20 bits per heavy atom. The zero-order valence-corrected chi connectivity index (χ0v) is 8.82. The molecule has 1 saturated heterocycles. The maximum atomic E-state index is 5.57. The lowest BCUT2D eigenvalue weighted by molar-refractivity contribution is 0.0322. The Bertz CT molecular complexity index is 270. The summed E-state index contributed by atoms with van der Waals surface area (Å²) in [5.74, 6) is 0.825. The van der Waals surface area contributed by atoms with Crippen LogP contribution in [0.4, 0.5) is 0 Å². The van der Waals surface area contributed by atoms with Crippen molar-refractivity contribution in [3.63, 3.8) is 0 Å². The van der Waals surface area contributed by atoms with Crippen LogP contribution >= 0.6 is 0 Å². The van der Waals surface area contributed by atoms with Gasteiger partial charge in [-0.3, -0.25) is 4.90 Å². The van der Waals surface area contributed by atoms with Crippen LogP contribution in [-0.4, -0.2) is 44.4 Å². The molecule has 0 N–H and O–H groups in total. The quantitative estimate of drug-likeness (QED) is 0.739. The van der Waals surface area contributed by atoms with Gasteiger partial charge in [0.15, 0.2) is 0 Å². The molecule has 3 nitrogen and oxygen atoms in total. The molecule has 3 heteroatoms. The Labute approximate surface area is 90.6 Å². The van der Waals surface area contributed by atoms with Crippen LogP contribution in [0.5, 0.6) is 5.75 Å². The summed E-state index contributed by atoms with van der Waals surface area (Å²) < 4.78 is 10.8. The van der Waals surface area contributed by atoms with E-state index in [-0.39, 0.29) is 0 Å². The van der Waals surface area contributed by atoms with Crippen LogP contribution in [0.25, 0.3) is 0 Å². The van der Waals surface area contributed by atoms with E-state index >= 15 is 0 Å². The van der Waals surface area contributed by atoms with Gasteiger partial charge in [-0.1, -0.05) is 18.2 Å². The number of benzene rings is 1. The zero-order valence-electron chi connectivity index (χ0n) is 8.82. The van der Waals surface area contributed by atoms with Crippen LogP contribution in [0.1, 0.15) is 0 Å². The molecule has 15 heavy (non-hydrogen) atoms. The average Bonchev–Trinajstić information content (AvgIpc) is 2.32. The third-order valence-corrected chi connectivity index (χ3v) is 2.45. The smallest absolute Gasteiger partial charge is 0.127 e. The molecular formula is C12H16NO2. The third kappa shape index (κ3) is 3.53. The van der Waals surface area contributed by atoms with Crippen molar-refractivity contribution in [3.8, 4) is 5.75 Å². The largest absolute Gasteiger partial charge is 0.492 e. The monoisotopic (exact) mass is 206 g/mol. The van der Waals surface area contributed by atoms with Crippen molar-refractivity contribution in [1.29, 1.82) is 0 Å². The van der Waals surface area contributed by atoms with E-state index < -0.39 is 0 Å². The van der Waals surface area contributed by atoms with E-state index in [9.17, 15) is 0 Å². The predicted molar refractivity (Wildman–Crippen MR) is 58.0 cm³/mol. The minimum Gasteiger partial charge on any atom is -0.492 e. The van der Waals surface area contributed by atoms with Gasteiger partial charge in [0.2, 0.25) is 0 Å². The topological polar surface area (TPSA) is 21.7 Å². The lowest BCUT2D eigenvalue weighted by Gasteiger charge is -2.26. The van der Waals surface area contributed by atoms with Crippen LogP contribution in [0.2, 0.25) is 0 Å². The molecule has 0 amide bonds. The van der Waals surface area contributed by atoms with Crippen LogP contribution in [0.15, 0.2) is 24.3 Å².